The Labute approximate surface area is 143 Å². The van der Waals surface area contributed by atoms with Gasteiger partial charge in [0.2, 0.25) is 0 Å². The lowest BCUT2D eigenvalue weighted by Gasteiger charge is -2.11. The first-order chi connectivity index (χ1) is 11.4. The summed E-state index contributed by atoms with van der Waals surface area (Å²) in [7, 11) is 0. The third kappa shape index (κ3) is 4.69. The lowest BCUT2D eigenvalue weighted by molar-refractivity contribution is -0.130. The molecule has 0 saturated heterocycles. The first-order valence-electron chi connectivity index (χ1n) is 7.29. The van der Waals surface area contributed by atoms with E-state index in [4.69, 9.17) is 4.74 Å². The Hall–Kier alpha value is -2.61. The lowest BCUT2D eigenvalue weighted by atomic mass is 10.1. The SMILES string of the molecule is Cc1ccc(C)c(OCC(=O)NNC(=O)Cn2c(C)csc2=O)c1. The number of nitrogens with one attached hydrogen (secondary N) is 2. The maximum atomic E-state index is 11.8. The summed E-state index contributed by atoms with van der Waals surface area (Å²) in [6.07, 6.45) is 0. The zero-order valence-corrected chi connectivity index (χ0v) is 14.5. The minimum absolute atomic E-state index is 0.147. The zero-order chi connectivity index (χ0) is 17.7. The van der Waals surface area contributed by atoms with Crippen molar-refractivity contribution in [1.82, 2.24) is 15.4 Å². The van der Waals surface area contributed by atoms with E-state index in [1.807, 2.05) is 32.0 Å². The van der Waals surface area contributed by atoms with Crippen LogP contribution in [0, 0.1) is 20.8 Å². The van der Waals surface area contributed by atoms with Gasteiger partial charge in [-0.05, 0) is 38.0 Å². The standard InChI is InChI=1S/C16H19N3O4S/c1-10-4-5-11(2)13(6-10)23-8-15(21)18-17-14(20)7-19-12(3)9-24-16(19)22/h4-6,9H,7-8H2,1-3H3,(H,17,20)(H,18,21). The number of carbonyl (C=O) groups excluding carboxylic acids is 2. The number of rotatable bonds is 5. The Kier molecular flexibility index (Phi) is 5.75. The number of hydrazine groups is 1. The molecule has 0 spiro atoms. The summed E-state index contributed by atoms with van der Waals surface area (Å²) in [6.45, 7) is 5.19. The van der Waals surface area contributed by atoms with Gasteiger partial charge in [-0.25, -0.2) is 0 Å². The Morgan fingerprint density at radius 1 is 1.17 bits per heavy atom. The smallest absolute Gasteiger partial charge is 0.307 e. The summed E-state index contributed by atoms with van der Waals surface area (Å²) in [5, 5.41) is 1.67. The molecule has 0 bridgehead atoms. The quantitative estimate of drug-likeness (QED) is 0.790. The number of hydrogen-bond donors (Lipinski definition) is 2. The van der Waals surface area contributed by atoms with Crippen molar-refractivity contribution in [3.63, 3.8) is 0 Å². The van der Waals surface area contributed by atoms with Gasteiger partial charge < -0.3 is 4.74 Å². The van der Waals surface area contributed by atoms with Gasteiger partial charge in [-0.15, -0.1) is 0 Å². The average Bonchev–Trinajstić information content (AvgIpc) is 2.85. The first kappa shape index (κ1) is 17.7. The van der Waals surface area contributed by atoms with E-state index in [0.717, 1.165) is 22.5 Å². The number of thiazole rings is 1. The molecular formula is C16H19N3O4S. The molecule has 0 radical (unpaired) electrons. The molecule has 1 aromatic heterocycles. The third-order valence-electron chi connectivity index (χ3n) is 3.32. The number of hydrogen-bond acceptors (Lipinski definition) is 5. The highest BCUT2D eigenvalue weighted by atomic mass is 32.1. The van der Waals surface area contributed by atoms with Gasteiger partial charge >= 0.3 is 4.87 Å². The fraction of sp³-hybridized carbons (Fsp3) is 0.312. The second kappa shape index (κ2) is 7.78. The molecule has 0 unspecified atom stereocenters. The van der Waals surface area contributed by atoms with Gasteiger partial charge in [0.1, 0.15) is 12.3 Å². The van der Waals surface area contributed by atoms with Gasteiger partial charge in [0.15, 0.2) is 6.61 Å². The molecule has 2 amide bonds. The van der Waals surface area contributed by atoms with Gasteiger partial charge in [-0.1, -0.05) is 23.5 Å². The van der Waals surface area contributed by atoms with Crippen LogP contribution in [-0.2, 0) is 16.1 Å². The molecule has 0 saturated carbocycles. The molecule has 0 atom stereocenters. The van der Waals surface area contributed by atoms with E-state index < -0.39 is 11.8 Å². The van der Waals surface area contributed by atoms with Gasteiger partial charge in [0.05, 0.1) is 0 Å². The zero-order valence-electron chi connectivity index (χ0n) is 13.7. The Morgan fingerprint density at radius 2 is 1.88 bits per heavy atom. The van der Waals surface area contributed by atoms with E-state index in [2.05, 4.69) is 10.9 Å². The number of ether oxygens (including phenoxy) is 1. The molecule has 2 rings (SSSR count). The Morgan fingerprint density at radius 3 is 2.54 bits per heavy atom. The minimum atomic E-state index is -0.487. The summed E-state index contributed by atoms with van der Waals surface area (Å²) < 4.78 is 6.77. The van der Waals surface area contributed by atoms with Crippen LogP contribution >= 0.6 is 11.3 Å². The molecule has 24 heavy (non-hydrogen) atoms. The van der Waals surface area contributed by atoms with Crippen LogP contribution in [-0.4, -0.2) is 23.0 Å². The van der Waals surface area contributed by atoms with Crippen molar-refractivity contribution in [2.45, 2.75) is 27.3 Å². The number of nitrogens with zero attached hydrogens (tertiary/aromatic N) is 1. The van der Waals surface area contributed by atoms with Crippen LogP contribution in [0.3, 0.4) is 0 Å². The Balaban J connectivity index is 1.80. The third-order valence-corrected chi connectivity index (χ3v) is 4.20. The molecule has 2 N–H and O–H groups in total. The predicted octanol–water partition coefficient (Wildman–Crippen LogP) is 1.06. The molecule has 0 aliphatic rings. The monoisotopic (exact) mass is 349 g/mol. The fourth-order valence-electron chi connectivity index (χ4n) is 1.96. The molecule has 0 aliphatic heterocycles. The van der Waals surface area contributed by atoms with Gasteiger partial charge in [-0.3, -0.25) is 29.8 Å². The second-order valence-electron chi connectivity index (χ2n) is 5.38. The van der Waals surface area contributed by atoms with Crippen molar-refractivity contribution < 1.29 is 14.3 Å². The van der Waals surface area contributed by atoms with Crippen LogP contribution in [0.1, 0.15) is 16.8 Å². The van der Waals surface area contributed by atoms with E-state index in [9.17, 15) is 14.4 Å². The molecule has 1 aromatic carbocycles. The summed E-state index contributed by atoms with van der Waals surface area (Å²) in [5.74, 6) is -0.353. The lowest BCUT2D eigenvalue weighted by Crippen LogP contribution is -2.45. The van der Waals surface area contributed by atoms with Crippen LogP contribution in [0.2, 0.25) is 0 Å². The van der Waals surface area contributed by atoms with Crippen LogP contribution in [0.15, 0.2) is 28.4 Å². The molecule has 8 heteroatoms. The van der Waals surface area contributed by atoms with Crippen LogP contribution in [0.4, 0.5) is 0 Å². The molecule has 0 aliphatic carbocycles. The predicted molar refractivity (Wildman–Crippen MR) is 91.0 cm³/mol. The van der Waals surface area contributed by atoms with Crippen molar-refractivity contribution in [1.29, 1.82) is 0 Å². The van der Waals surface area contributed by atoms with Gasteiger partial charge in [0.25, 0.3) is 11.8 Å². The number of aromatic nitrogens is 1. The van der Waals surface area contributed by atoms with E-state index >= 15 is 0 Å². The fourth-order valence-corrected chi connectivity index (χ4v) is 2.70. The highest BCUT2D eigenvalue weighted by molar-refractivity contribution is 7.07. The summed E-state index contributed by atoms with van der Waals surface area (Å²) in [6, 6.07) is 5.70. The van der Waals surface area contributed by atoms with E-state index in [0.29, 0.717) is 11.4 Å². The largest absolute Gasteiger partial charge is 0.483 e. The van der Waals surface area contributed by atoms with E-state index in [-0.39, 0.29) is 18.0 Å². The maximum Gasteiger partial charge on any atom is 0.307 e. The van der Waals surface area contributed by atoms with Crippen molar-refractivity contribution in [2.24, 2.45) is 0 Å². The number of carbonyl (C=O) groups is 2. The van der Waals surface area contributed by atoms with Crippen LogP contribution < -0.4 is 20.5 Å². The number of benzene rings is 1. The van der Waals surface area contributed by atoms with Crippen molar-refractivity contribution in [3.05, 3.63) is 50.1 Å². The summed E-state index contributed by atoms with van der Waals surface area (Å²) in [5.41, 5.74) is 7.18. The van der Waals surface area contributed by atoms with Crippen LogP contribution in [0.5, 0.6) is 5.75 Å². The van der Waals surface area contributed by atoms with E-state index in [1.54, 1.807) is 12.3 Å². The summed E-state index contributed by atoms with van der Waals surface area (Å²) in [4.78, 5) is 34.8. The molecular weight excluding hydrogens is 330 g/mol. The van der Waals surface area contributed by atoms with Crippen molar-refractivity contribution in [2.75, 3.05) is 6.61 Å². The highest BCUT2D eigenvalue weighted by Gasteiger charge is 2.10. The van der Waals surface area contributed by atoms with Crippen molar-refractivity contribution >= 4 is 23.2 Å². The molecule has 7 nitrogen and oxygen atoms in total. The molecule has 1 heterocycles. The number of aryl methyl sites for hydroxylation is 3. The molecule has 0 fully saturated rings. The van der Waals surface area contributed by atoms with Gasteiger partial charge in [0, 0.05) is 11.1 Å². The first-order valence-corrected chi connectivity index (χ1v) is 8.17. The second-order valence-corrected chi connectivity index (χ2v) is 6.20. The topological polar surface area (TPSA) is 89.4 Å². The highest BCUT2D eigenvalue weighted by Crippen LogP contribution is 2.18. The number of amides is 2. The normalized spacial score (nSPS) is 10.3. The Bertz CT molecular complexity index is 810. The van der Waals surface area contributed by atoms with E-state index in [1.165, 1.54) is 4.57 Å². The van der Waals surface area contributed by atoms with Gasteiger partial charge in [-0.2, -0.15) is 0 Å². The van der Waals surface area contributed by atoms with Crippen LogP contribution in [0.25, 0.3) is 0 Å². The average molecular weight is 349 g/mol. The minimum Gasteiger partial charge on any atom is -0.483 e. The summed E-state index contributed by atoms with van der Waals surface area (Å²) >= 11 is 1.03. The molecule has 2 aromatic rings. The molecule has 128 valence electrons. The van der Waals surface area contributed by atoms with Crippen molar-refractivity contribution in [3.8, 4) is 5.75 Å². The maximum absolute atomic E-state index is 11.8.